The van der Waals surface area contributed by atoms with Crippen molar-refractivity contribution in [3.8, 4) is 23.7 Å². The predicted octanol–water partition coefficient (Wildman–Crippen LogP) is 7.65. The number of rotatable bonds is 44. The van der Waals surface area contributed by atoms with Crippen molar-refractivity contribution in [1.29, 1.82) is 0 Å². The largest absolute Gasteiger partial charge is 0.510 e. The molecular formula is C87H118I2N10O15. The van der Waals surface area contributed by atoms with Crippen molar-refractivity contribution in [2.45, 2.75) is 182 Å². The molecule has 4 aromatic rings. The van der Waals surface area contributed by atoms with Gasteiger partial charge in [0.2, 0.25) is 47.3 Å². The number of Topliss-reactive ketones (excluding diaryl/α,β-unsaturated/α-hetero) is 2. The molecule has 2 aliphatic rings. The summed E-state index contributed by atoms with van der Waals surface area (Å²) in [7, 11) is 0. The van der Waals surface area contributed by atoms with Crippen molar-refractivity contribution in [2.75, 3.05) is 87.8 Å². The topological polar surface area (TPSA) is 327 Å². The molecule has 0 saturated carbocycles. The Balaban J connectivity index is 1.10. The molecule has 6 rings (SSSR count). The highest BCUT2D eigenvalue weighted by Crippen LogP contribution is 2.27. The summed E-state index contributed by atoms with van der Waals surface area (Å²) in [5, 5.41) is 23.5. The highest BCUT2D eigenvalue weighted by molar-refractivity contribution is 14.1. The minimum absolute atomic E-state index is 0.0309. The minimum atomic E-state index is -1.39. The number of carbonyl (C=O) groups is 11. The van der Waals surface area contributed by atoms with Gasteiger partial charge in [-0.3, -0.25) is 57.7 Å². The maximum atomic E-state index is 14.8. The Kier molecular flexibility index (Phi) is 41.1. The standard InChI is InChI=1S/C87H118I2N10O15/c1-59(2)49-69(92-83(108)73(53-65-29-19-13-20-30-65)96-81(106)71(51-61(5)6)94-79(104)67(35-33-63-25-15-11-16-26-63)90-75(100)55-98-39-45-111-46-40-98)77(102)86(9,57-88)37-23-43-113-85(110)114-44-24-38-87(10,58-89)78(103)70(50-60(3)4)93-84(109)74(54-66-31-21-14-22-32-66)97-82(107)72(52-62(7)8)95-80(105)68(36-34-64-27-17-12-18-28-64)91-76(101)56-99-41-47-112-48-42-99/h11-22,25-32,59-62,67-74H,33-36,39-58H2,1-10H3,(H,90,100)(H,91,101)(H,92,108)(H,93,109)(H,94,104)(H,95,105)(H,96,106)(H,97,107)/t67-,68-,69-,70-,71-,72-,73-,74-,86+,87+/m0/s1. The summed E-state index contributed by atoms with van der Waals surface area (Å²) in [5.74, 6) is 5.94. The third-order valence-corrected chi connectivity index (χ3v) is 22.5. The minimum Gasteiger partial charge on any atom is -0.421 e. The van der Waals surface area contributed by atoms with Crippen LogP contribution in [0.2, 0.25) is 0 Å². The molecule has 8 N–H and O–H groups in total. The average molecular weight is 1800 g/mol. The molecule has 4 aromatic carbocycles. The molecule has 8 amide bonds. The van der Waals surface area contributed by atoms with E-state index in [2.05, 4.69) is 66.2 Å². The van der Waals surface area contributed by atoms with Gasteiger partial charge in [-0.1, -0.05) is 246 Å². The zero-order valence-electron chi connectivity index (χ0n) is 67.7. The van der Waals surface area contributed by atoms with Crippen LogP contribution in [0.5, 0.6) is 0 Å². The highest BCUT2D eigenvalue weighted by Gasteiger charge is 2.41. The smallest absolute Gasteiger partial charge is 0.421 e. The molecular weight excluding hydrogens is 1680 g/mol. The summed E-state index contributed by atoms with van der Waals surface area (Å²) in [5.41, 5.74) is 0.582. The Bertz CT molecular complexity index is 3630. The molecule has 0 bridgehead atoms. The van der Waals surface area contributed by atoms with Gasteiger partial charge >= 0.3 is 6.16 Å². The zero-order chi connectivity index (χ0) is 83.2. The number of alkyl halides is 2. The lowest BCUT2D eigenvalue weighted by Gasteiger charge is -2.30. The van der Waals surface area contributed by atoms with E-state index in [0.717, 1.165) is 11.1 Å². The number of nitrogens with one attached hydrogen (secondary N) is 8. The maximum absolute atomic E-state index is 14.8. The molecule has 0 aliphatic carbocycles. The summed E-state index contributed by atoms with van der Waals surface area (Å²) in [6.07, 6.45) is 1.16. The molecule has 27 heteroatoms. The number of benzene rings is 4. The Morgan fingerprint density at radius 1 is 0.386 bits per heavy atom. The zero-order valence-corrected chi connectivity index (χ0v) is 72.0. The van der Waals surface area contributed by atoms with Crippen LogP contribution in [0.3, 0.4) is 0 Å². The van der Waals surface area contributed by atoms with Crippen molar-refractivity contribution < 1.29 is 71.7 Å². The predicted molar refractivity (Wildman–Crippen MR) is 454 cm³/mol. The number of hydrogen-bond acceptors (Lipinski definition) is 17. The van der Waals surface area contributed by atoms with Crippen LogP contribution in [0, 0.1) is 58.2 Å². The van der Waals surface area contributed by atoms with Crippen molar-refractivity contribution in [3.63, 3.8) is 0 Å². The van der Waals surface area contributed by atoms with Crippen LogP contribution in [0.4, 0.5) is 4.79 Å². The van der Waals surface area contributed by atoms with Gasteiger partial charge in [0.25, 0.3) is 0 Å². The summed E-state index contributed by atoms with van der Waals surface area (Å²) < 4.78 is 21.9. The van der Waals surface area contributed by atoms with E-state index in [1.807, 2.05) is 232 Å². The van der Waals surface area contributed by atoms with E-state index in [-0.39, 0.29) is 109 Å². The quantitative estimate of drug-likeness (QED) is 0.00912. The molecule has 0 spiro atoms. The number of ether oxygens (including phenoxy) is 4. The Morgan fingerprint density at radius 3 is 0.965 bits per heavy atom. The number of carbonyl (C=O) groups excluding carboxylic acids is 11. The lowest BCUT2D eigenvalue weighted by atomic mass is 9.82. The fourth-order valence-electron chi connectivity index (χ4n) is 13.2. The van der Waals surface area contributed by atoms with Gasteiger partial charge in [0.1, 0.15) is 36.3 Å². The van der Waals surface area contributed by atoms with Gasteiger partial charge in [0, 0.05) is 47.9 Å². The first-order chi connectivity index (χ1) is 54.5. The number of halogens is 2. The van der Waals surface area contributed by atoms with Crippen LogP contribution in [0.25, 0.3) is 0 Å². The van der Waals surface area contributed by atoms with Crippen LogP contribution >= 0.6 is 45.2 Å². The van der Waals surface area contributed by atoms with Gasteiger partial charge in [0.15, 0.2) is 24.8 Å². The van der Waals surface area contributed by atoms with Gasteiger partial charge in [-0.25, -0.2) is 4.79 Å². The van der Waals surface area contributed by atoms with Gasteiger partial charge in [-0.15, -0.1) is 0 Å². The van der Waals surface area contributed by atoms with E-state index < -0.39 is 126 Å². The summed E-state index contributed by atoms with van der Waals surface area (Å²) in [6.45, 7) is 21.9. The van der Waals surface area contributed by atoms with Crippen LogP contribution in [0.15, 0.2) is 121 Å². The second-order valence-electron chi connectivity index (χ2n) is 31.4. The SMILES string of the molecule is CC(C)C[C@H](NC(=O)[C@H](CCc1ccccc1)NC(=O)CN1CCOCC1)C(=O)N[C@@H](Cc1ccccc1)C(=O)N[C@@H](CC(C)C)C(=O)[C@](C)(C#CCOC(=O)OCC#C[C@](C)(CI)C(=O)[C@H](CC(C)C)NC(=O)[C@H](Cc1ccccc1)NC(=O)[C@H](CC(C)C)NC(=O)[C@H](CCc1ccccc1)NC(=O)CN1CCOCC1)CI. The van der Waals surface area contributed by atoms with Crippen molar-refractivity contribution in [2.24, 2.45) is 34.5 Å². The molecule has 2 aliphatic heterocycles. The summed E-state index contributed by atoms with van der Waals surface area (Å²) >= 11 is 4.08. The van der Waals surface area contributed by atoms with Crippen LogP contribution < -0.4 is 42.5 Å². The lowest BCUT2D eigenvalue weighted by molar-refractivity contribution is -0.135. The molecule has 2 heterocycles. The third-order valence-electron chi connectivity index (χ3n) is 19.4. The monoisotopic (exact) mass is 1800 g/mol. The number of amides is 8. The Hall–Kier alpha value is -8.33. The molecule has 0 unspecified atom stereocenters. The number of nitrogens with zero attached hydrogens (tertiary/aromatic N) is 2. The maximum Gasteiger partial charge on any atom is 0.510 e. The number of morpholine rings is 2. The van der Waals surface area contributed by atoms with E-state index in [1.165, 1.54) is 0 Å². The normalized spacial score (nSPS) is 16.3. The van der Waals surface area contributed by atoms with Crippen molar-refractivity contribution >= 4 is 110 Å². The lowest BCUT2D eigenvalue weighted by Crippen LogP contribution is -2.59. The number of aryl methyl sites for hydroxylation is 2. The first kappa shape index (κ1) is 94.5. The van der Waals surface area contributed by atoms with Gasteiger partial charge in [0.05, 0.1) is 62.4 Å². The molecule has 2 fully saturated rings. The Morgan fingerprint density at radius 2 is 0.658 bits per heavy atom. The van der Waals surface area contributed by atoms with Crippen LogP contribution in [-0.2, 0) is 92.6 Å². The molecule has 0 aromatic heterocycles. The van der Waals surface area contributed by atoms with E-state index in [1.54, 1.807) is 13.8 Å². The first-order valence-corrected chi connectivity index (χ1v) is 42.7. The highest BCUT2D eigenvalue weighted by atomic mass is 127. The van der Waals surface area contributed by atoms with E-state index >= 15 is 0 Å². The molecule has 10 atom stereocenters. The third kappa shape index (κ3) is 33.9. The number of ketones is 2. The second-order valence-corrected chi connectivity index (χ2v) is 32.9. The van der Waals surface area contributed by atoms with Crippen LogP contribution in [-0.4, -0.2) is 211 Å². The Labute approximate surface area is 700 Å². The van der Waals surface area contributed by atoms with Crippen molar-refractivity contribution in [1.82, 2.24) is 52.3 Å². The molecule has 0 radical (unpaired) electrons. The average Bonchev–Trinajstić information content (AvgIpc) is 0.826. The van der Waals surface area contributed by atoms with E-state index in [4.69, 9.17) is 18.9 Å². The second kappa shape index (κ2) is 49.6. The fraction of sp³-hybridized carbons (Fsp3) is 0.552. The molecule has 114 heavy (non-hydrogen) atoms. The summed E-state index contributed by atoms with van der Waals surface area (Å²) in [4.78, 5) is 161. The van der Waals surface area contributed by atoms with E-state index in [0.29, 0.717) is 76.6 Å². The molecule has 2 saturated heterocycles. The van der Waals surface area contributed by atoms with Gasteiger partial charge in [-0.05, 0) is 111 Å². The first-order valence-electron chi connectivity index (χ1n) is 39.6. The van der Waals surface area contributed by atoms with Gasteiger partial charge < -0.3 is 61.5 Å². The molecule has 620 valence electrons. The van der Waals surface area contributed by atoms with Crippen LogP contribution in [0.1, 0.15) is 130 Å². The number of hydrogen-bond donors (Lipinski definition) is 8. The van der Waals surface area contributed by atoms with Crippen molar-refractivity contribution in [3.05, 3.63) is 144 Å². The van der Waals surface area contributed by atoms with Gasteiger partial charge in [-0.2, -0.15) is 0 Å². The fourth-order valence-corrected chi connectivity index (χ4v) is 14.3. The molecule has 25 nitrogen and oxygen atoms in total. The van der Waals surface area contributed by atoms with E-state index in [9.17, 15) is 52.7 Å². The summed E-state index contributed by atoms with van der Waals surface area (Å²) in [6, 6.07) is 28.4.